The van der Waals surface area contributed by atoms with Gasteiger partial charge in [0.25, 0.3) is 0 Å². The van der Waals surface area contributed by atoms with Crippen molar-refractivity contribution in [3.8, 4) is 5.75 Å². The molecule has 21 heavy (non-hydrogen) atoms. The quantitative estimate of drug-likeness (QED) is 0.558. The molecule has 0 aliphatic rings. The number of carbonyl (C=O) groups is 1. The van der Waals surface area contributed by atoms with Crippen molar-refractivity contribution in [3.05, 3.63) is 33.9 Å². The third kappa shape index (κ3) is 4.16. The normalized spacial score (nSPS) is 13.5. The Balaban J connectivity index is 2.95. The molecule has 0 aromatic heterocycles. The Morgan fingerprint density at radius 1 is 1.52 bits per heavy atom. The Labute approximate surface area is 123 Å². The minimum atomic E-state index is -1.08. The molecule has 7 heteroatoms. The van der Waals surface area contributed by atoms with Crippen molar-refractivity contribution >= 4 is 11.6 Å². The fourth-order valence-corrected chi connectivity index (χ4v) is 1.80. The zero-order chi connectivity index (χ0) is 16.0. The molecule has 0 spiro atoms. The molecule has 1 aromatic carbocycles. The van der Waals surface area contributed by atoms with Gasteiger partial charge >= 0.3 is 5.69 Å². The molecule has 0 saturated carbocycles. The first kappa shape index (κ1) is 16.9. The molecule has 116 valence electrons. The molecular weight excluding hydrogens is 274 g/mol. The van der Waals surface area contributed by atoms with Crippen LogP contribution in [0.25, 0.3) is 0 Å². The largest absolute Gasteiger partial charge is 0.484 e. The molecule has 0 aliphatic heterocycles. The SMILES string of the molecule is CCCNC(C)(COc1c(C)cccc1[N+](=O)[O-])C(N)=O. The molecule has 1 rings (SSSR count). The van der Waals surface area contributed by atoms with E-state index in [1.165, 1.54) is 6.07 Å². The van der Waals surface area contributed by atoms with Crippen molar-refractivity contribution < 1.29 is 14.5 Å². The van der Waals surface area contributed by atoms with Gasteiger partial charge in [-0.1, -0.05) is 19.1 Å². The zero-order valence-corrected chi connectivity index (χ0v) is 12.5. The molecule has 0 saturated heterocycles. The van der Waals surface area contributed by atoms with Crippen LogP contribution in [0.4, 0.5) is 5.69 Å². The number of nitro benzene ring substituents is 1. The zero-order valence-electron chi connectivity index (χ0n) is 12.5. The van der Waals surface area contributed by atoms with E-state index in [1.54, 1.807) is 26.0 Å². The molecule has 0 fully saturated rings. The van der Waals surface area contributed by atoms with Crippen LogP contribution in [0.3, 0.4) is 0 Å². The number of ether oxygens (including phenoxy) is 1. The van der Waals surface area contributed by atoms with Crippen LogP contribution in [0.15, 0.2) is 18.2 Å². The number of para-hydroxylation sites is 1. The van der Waals surface area contributed by atoms with Crippen molar-refractivity contribution in [2.75, 3.05) is 13.2 Å². The number of aryl methyl sites for hydroxylation is 1. The number of carbonyl (C=O) groups excluding carboxylic acids is 1. The topological polar surface area (TPSA) is 107 Å². The summed E-state index contributed by atoms with van der Waals surface area (Å²) in [6.07, 6.45) is 0.827. The standard InChI is InChI=1S/C14H21N3O4/c1-4-8-16-14(3,13(15)18)9-21-12-10(2)6-5-7-11(12)17(19)20/h5-7,16H,4,8-9H2,1-3H3,(H2,15,18). The first-order valence-electron chi connectivity index (χ1n) is 6.73. The van der Waals surface area contributed by atoms with Crippen LogP contribution in [0, 0.1) is 17.0 Å². The molecule has 7 nitrogen and oxygen atoms in total. The Morgan fingerprint density at radius 3 is 2.71 bits per heavy atom. The highest BCUT2D eigenvalue weighted by Gasteiger charge is 2.32. The van der Waals surface area contributed by atoms with Gasteiger partial charge < -0.3 is 15.8 Å². The summed E-state index contributed by atoms with van der Waals surface area (Å²) >= 11 is 0. The van der Waals surface area contributed by atoms with Crippen molar-refractivity contribution in [1.82, 2.24) is 5.32 Å². The molecule has 1 unspecified atom stereocenters. The molecule has 0 radical (unpaired) electrons. The van der Waals surface area contributed by atoms with Crippen molar-refractivity contribution in [2.45, 2.75) is 32.7 Å². The summed E-state index contributed by atoms with van der Waals surface area (Å²) in [7, 11) is 0. The van der Waals surface area contributed by atoms with E-state index in [2.05, 4.69) is 5.32 Å². The lowest BCUT2D eigenvalue weighted by Gasteiger charge is -2.27. The third-order valence-corrected chi connectivity index (χ3v) is 3.20. The van der Waals surface area contributed by atoms with Crippen LogP contribution in [-0.2, 0) is 4.79 Å². The monoisotopic (exact) mass is 295 g/mol. The fraction of sp³-hybridized carbons (Fsp3) is 0.500. The van der Waals surface area contributed by atoms with Gasteiger partial charge in [-0.2, -0.15) is 0 Å². The Morgan fingerprint density at radius 2 is 2.19 bits per heavy atom. The summed E-state index contributed by atoms with van der Waals surface area (Å²) in [5.74, 6) is -0.402. The van der Waals surface area contributed by atoms with E-state index >= 15 is 0 Å². The number of hydrogen-bond acceptors (Lipinski definition) is 5. The van der Waals surface area contributed by atoms with E-state index in [0.29, 0.717) is 12.1 Å². The molecule has 0 heterocycles. The van der Waals surface area contributed by atoms with Crippen molar-refractivity contribution in [1.29, 1.82) is 0 Å². The van der Waals surface area contributed by atoms with Crippen LogP contribution in [-0.4, -0.2) is 29.5 Å². The Kier molecular flexibility index (Phi) is 5.66. The highest BCUT2D eigenvalue weighted by atomic mass is 16.6. The number of benzene rings is 1. The number of nitro groups is 1. The molecule has 1 atom stereocenters. The van der Waals surface area contributed by atoms with Crippen molar-refractivity contribution in [3.63, 3.8) is 0 Å². The number of nitrogens with two attached hydrogens (primary N) is 1. The van der Waals surface area contributed by atoms with Crippen LogP contribution in [0.1, 0.15) is 25.8 Å². The van der Waals surface area contributed by atoms with E-state index in [4.69, 9.17) is 10.5 Å². The van der Waals surface area contributed by atoms with Gasteiger partial charge in [-0.3, -0.25) is 14.9 Å². The minimum Gasteiger partial charge on any atom is -0.484 e. The Hall–Kier alpha value is -2.15. The number of nitrogens with zero attached hydrogens (tertiary/aromatic N) is 1. The summed E-state index contributed by atoms with van der Waals surface area (Å²) in [6.45, 7) is 5.81. The van der Waals surface area contributed by atoms with E-state index in [1.807, 2.05) is 6.92 Å². The summed E-state index contributed by atoms with van der Waals surface area (Å²) in [5.41, 5.74) is 4.82. The first-order valence-corrected chi connectivity index (χ1v) is 6.73. The van der Waals surface area contributed by atoms with Gasteiger partial charge in [-0.15, -0.1) is 0 Å². The molecule has 0 bridgehead atoms. The highest BCUT2D eigenvalue weighted by Crippen LogP contribution is 2.30. The average Bonchev–Trinajstić information content (AvgIpc) is 2.43. The minimum absolute atomic E-state index is 0.0754. The smallest absolute Gasteiger partial charge is 0.311 e. The Bertz CT molecular complexity index is 533. The lowest BCUT2D eigenvalue weighted by atomic mass is 10.0. The van der Waals surface area contributed by atoms with E-state index < -0.39 is 16.4 Å². The summed E-state index contributed by atoms with van der Waals surface area (Å²) < 4.78 is 5.55. The maximum atomic E-state index is 11.6. The predicted octanol–water partition coefficient (Wildman–Crippen LogP) is 1.53. The van der Waals surface area contributed by atoms with Gasteiger partial charge in [-0.05, 0) is 32.4 Å². The van der Waals surface area contributed by atoms with Crippen LogP contribution in [0.5, 0.6) is 5.75 Å². The van der Waals surface area contributed by atoms with Crippen LogP contribution in [0.2, 0.25) is 0 Å². The van der Waals surface area contributed by atoms with Gasteiger partial charge in [0.1, 0.15) is 12.1 Å². The molecule has 0 aliphatic carbocycles. The number of rotatable bonds is 8. The third-order valence-electron chi connectivity index (χ3n) is 3.20. The van der Waals surface area contributed by atoms with Gasteiger partial charge in [0.05, 0.1) is 4.92 Å². The lowest BCUT2D eigenvalue weighted by molar-refractivity contribution is -0.386. The van der Waals surface area contributed by atoms with Gasteiger partial charge in [-0.25, -0.2) is 0 Å². The maximum absolute atomic E-state index is 11.6. The van der Waals surface area contributed by atoms with Crippen LogP contribution < -0.4 is 15.8 Å². The second-order valence-corrected chi connectivity index (χ2v) is 5.09. The van der Waals surface area contributed by atoms with Gasteiger partial charge in [0.15, 0.2) is 5.75 Å². The van der Waals surface area contributed by atoms with Crippen molar-refractivity contribution in [2.24, 2.45) is 5.73 Å². The predicted molar refractivity (Wildman–Crippen MR) is 79.2 cm³/mol. The number of primary amides is 1. The second-order valence-electron chi connectivity index (χ2n) is 5.09. The van der Waals surface area contributed by atoms with Crippen LogP contribution >= 0.6 is 0 Å². The van der Waals surface area contributed by atoms with E-state index in [0.717, 1.165) is 6.42 Å². The summed E-state index contributed by atoms with van der Waals surface area (Å²) in [4.78, 5) is 22.1. The molecular formula is C14H21N3O4. The van der Waals surface area contributed by atoms with Gasteiger partial charge in [0.2, 0.25) is 5.91 Å². The molecule has 3 N–H and O–H groups in total. The summed E-state index contributed by atoms with van der Waals surface area (Å²) in [6, 6.07) is 4.66. The highest BCUT2D eigenvalue weighted by molar-refractivity contribution is 5.84. The summed E-state index contributed by atoms with van der Waals surface area (Å²) in [5, 5.41) is 14.0. The van der Waals surface area contributed by atoms with E-state index in [-0.39, 0.29) is 18.0 Å². The number of hydrogen-bond donors (Lipinski definition) is 2. The average molecular weight is 295 g/mol. The molecule has 1 amide bonds. The maximum Gasteiger partial charge on any atom is 0.311 e. The van der Waals surface area contributed by atoms with Gasteiger partial charge in [0, 0.05) is 6.07 Å². The lowest BCUT2D eigenvalue weighted by Crippen LogP contribution is -2.57. The molecule has 1 aromatic rings. The second kappa shape index (κ2) is 7.03. The number of amides is 1. The number of nitrogens with one attached hydrogen (secondary N) is 1. The fourth-order valence-electron chi connectivity index (χ4n) is 1.80. The van der Waals surface area contributed by atoms with E-state index in [9.17, 15) is 14.9 Å². The first-order chi connectivity index (χ1) is 9.81.